The number of para-hydroxylation sites is 1. The van der Waals surface area contributed by atoms with Gasteiger partial charge in [0.05, 0.1) is 27.3 Å². The third-order valence-corrected chi connectivity index (χ3v) is 10.1. The van der Waals surface area contributed by atoms with Crippen LogP contribution < -0.4 is 10.6 Å². The van der Waals surface area contributed by atoms with E-state index in [1.807, 2.05) is 12.1 Å². The molecule has 12 nitrogen and oxygen atoms in total. The largest absolute Gasteiger partial charge is 0.465 e. The fourth-order valence-corrected chi connectivity index (χ4v) is 7.45. The van der Waals surface area contributed by atoms with Gasteiger partial charge in [-0.3, -0.25) is 0 Å². The maximum absolute atomic E-state index is 13.6. The van der Waals surface area contributed by atoms with E-state index in [0.29, 0.717) is 60.7 Å². The van der Waals surface area contributed by atoms with Gasteiger partial charge in [-0.15, -0.1) is 0 Å². The maximum atomic E-state index is 13.6. The molecule has 2 aromatic heterocycles. The zero-order valence-electron chi connectivity index (χ0n) is 23.8. The maximum Gasteiger partial charge on any atom is 0.407 e. The van der Waals surface area contributed by atoms with E-state index in [1.54, 1.807) is 53.6 Å². The first-order chi connectivity index (χ1) is 21.2. The van der Waals surface area contributed by atoms with Crippen LogP contribution in [-0.4, -0.2) is 87.7 Å². The van der Waals surface area contributed by atoms with E-state index in [1.165, 1.54) is 15.1 Å². The summed E-state index contributed by atoms with van der Waals surface area (Å²) >= 11 is 6.60. The summed E-state index contributed by atoms with van der Waals surface area (Å²) in [5, 5.41) is 16.6. The molecule has 4 aromatic rings. The van der Waals surface area contributed by atoms with Crippen molar-refractivity contribution in [1.29, 1.82) is 0 Å². The second-order valence-corrected chi connectivity index (χ2v) is 13.2. The van der Waals surface area contributed by atoms with E-state index in [9.17, 15) is 18.0 Å². The molecule has 0 radical (unpaired) electrons. The van der Waals surface area contributed by atoms with Gasteiger partial charge in [0.15, 0.2) is 0 Å². The van der Waals surface area contributed by atoms with Gasteiger partial charge in [-0.1, -0.05) is 48.0 Å². The van der Waals surface area contributed by atoms with E-state index in [0.717, 1.165) is 19.3 Å². The molecule has 1 saturated carbocycles. The van der Waals surface area contributed by atoms with Crippen LogP contribution in [0.2, 0.25) is 5.02 Å². The normalized spacial score (nSPS) is 19.1. The van der Waals surface area contributed by atoms with Crippen LogP contribution >= 0.6 is 11.6 Å². The van der Waals surface area contributed by atoms with Crippen molar-refractivity contribution < 1.29 is 23.1 Å². The third-order valence-electron chi connectivity index (χ3n) is 8.15. The molecule has 0 spiro atoms. The van der Waals surface area contributed by atoms with E-state index in [2.05, 4.69) is 15.6 Å². The minimum Gasteiger partial charge on any atom is -0.465 e. The number of hydrogen-bond donors (Lipinski definition) is 3. The Kier molecular flexibility index (Phi) is 8.32. The Morgan fingerprint density at radius 2 is 1.61 bits per heavy atom. The van der Waals surface area contributed by atoms with E-state index < -0.39 is 16.1 Å². The van der Waals surface area contributed by atoms with Crippen LogP contribution in [0.4, 0.5) is 15.5 Å². The highest BCUT2D eigenvalue weighted by molar-refractivity contribution is 7.90. The first-order valence-electron chi connectivity index (χ1n) is 14.4. The van der Waals surface area contributed by atoms with Gasteiger partial charge in [0.1, 0.15) is 0 Å². The van der Waals surface area contributed by atoms with Crippen molar-refractivity contribution in [3.05, 3.63) is 72.0 Å². The number of carbonyl (C=O) groups excluding carboxylic acids is 1. The number of rotatable bonds is 6. The molecule has 2 fully saturated rings. The van der Waals surface area contributed by atoms with Gasteiger partial charge in [0, 0.05) is 55.4 Å². The van der Waals surface area contributed by atoms with Gasteiger partial charge in [0.25, 0.3) is 10.0 Å². The summed E-state index contributed by atoms with van der Waals surface area (Å²) in [5.41, 5.74) is 1.47. The highest BCUT2D eigenvalue weighted by Gasteiger charge is 2.29. The molecule has 230 valence electrons. The number of halogens is 1. The lowest BCUT2D eigenvalue weighted by Crippen LogP contribution is -2.55. The molecule has 2 atom stereocenters. The molecule has 1 aliphatic heterocycles. The van der Waals surface area contributed by atoms with Gasteiger partial charge < -0.3 is 25.5 Å². The lowest BCUT2D eigenvalue weighted by atomic mass is 9.91. The number of benzene rings is 2. The minimum absolute atomic E-state index is 0.00765. The predicted octanol–water partition coefficient (Wildman–Crippen LogP) is 4.72. The highest BCUT2D eigenvalue weighted by atomic mass is 35.5. The number of hydrogen-bond acceptors (Lipinski definition) is 7. The summed E-state index contributed by atoms with van der Waals surface area (Å²) < 4.78 is 28.4. The SMILES string of the molecule is O=C(O)N1CCN(C(=O)N[C@H]2CCC[C@@H](Nc3ncc(Cl)c(-c4cn(S(=O)(=O)c5ccccc5)c5ccccc45)n3)C2)CC1. The Balaban J connectivity index is 1.19. The number of carboxylic acid groups (broad SMARTS) is 1. The van der Waals surface area contributed by atoms with Crippen molar-refractivity contribution in [2.75, 3.05) is 31.5 Å². The number of anilines is 1. The molecule has 1 aliphatic carbocycles. The molecule has 14 heteroatoms. The molecular weight excluding hydrogens is 606 g/mol. The number of nitrogens with zero attached hydrogens (tertiary/aromatic N) is 5. The van der Waals surface area contributed by atoms with Crippen LogP contribution in [-0.2, 0) is 10.0 Å². The van der Waals surface area contributed by atoms with Crippen LogP contribution in [0, 0.1) is 0 Å². The van der Waals surface area contributed by atoms with Crippen LogP contribution in [0.1, 0.15) is 25.7 Å². The molecule has 3 heterocycles. The molecule has 3 amide bonds. The molecular formula is C30H32ClN7O5S. The lowest BCUT2D eigenvalue weighted by Gasteiger charge is -2.36. The van der Waals surface area contributed by atoms with Crippen LogP contribution in [0.25, 0.3) is 22.2 Å². The first-order valence-corrected chi connectivity index (χ1v) is 16.3. The van der Waals surface area contributed by atoms with Gasteiger partial charge in [0.2, 0.25) is 5.95 Å². The smallest absolute Gasteiger partial charge is 0.407 e. The number of aromatic nitrogens is 3. The number of nitrogens with one attached hydrogen (secondary N) is 2. The van der Waals surface area contributed by atoms with Gasteiger partial charge in [-0.25, -0.2) is 31.9 Å². The summed E-state index contributed by atoms with van der Waals surface area (Å²) in [6.45, 7) is 1.31. The molecule has 44 heavy (non-hydrogen) atoms. The van der Waals surface area contributed by atoms with Crippen molar-refractivity contribution in [2.45, 2.75) is 42.7 Å². The van der Waals surface area contributed by atoms with Crippen molar-refractivity contribution in [3.8, 4) is 11.3 Å². The Morgan fingerprint density at radius 1 is 0.932 bits per heavy atom. The average Bonchev–Trinajstić information content (AvgIpc) is 3.43. The zero-order valence-corrected chi connectivity index (χ0v) is 25.3. The molecule has 2 aliphatic rings. The van der Waals surface area contributed by atoms with Crippen molar-refractivity contribution in [1.82, 2.24) is 29.1 Å². The summed E-state index contributed by atoms with van der Waals surface area (Å²) in [6.07, 6.45) is 5.33. The topological polar surface area (TPSA) is 150 Å². The molecule has 0 unspecified atom stereocenters. The zero-order chi connectivity index (χ0) is 30.8. The van der Waals surface area contributed by atoms with Crippen LogP contribution in [0.5, 0.6) is 0 Å². The average molecular weight is 638 g/mol. The van der Waals surface area contributed by atoms with E-state index >= 15 is 0 Å². The number of amides is 3. The van der Waals surface area contributed by atoms with Gasteiger partial charge in [-0.2, -0.15) is 0 Å². The lowest BCUT2D eigenvalue weighted by molar-refractivity contribution is 0.110. The summed E-state index contributed by atoms with van der Waals surface area (Å²) in [6, 6.07) is 15.2. The number of fused-ring (bicyclic) bond motifs is 1. The summed E-state index contributed by atoms with van der Waals surface area (Å²) in [5.74, 6) is 0.355. The Morgan fingerprint density at radius 3 is 2.36 bits per heavy atom. The van der Waals surface area contributed by atoms with E-state index in [4.69, 9.17) is 21.7 Å². The summed E-state index contributed by atoms with van der Waals surface area (Å²) in [4.78, 5) is 36.3. The summed E-state index contributed by atoms with van der Waals surface area (Å²) in [7, 11) is -3.88. The first kappa shape index (κ1) is 29.7. The standard InChI is InChI=1S/C30H32ClN7O5S/c31-25-18-32-28(33-20-7-6-8-21(17-20)34-29(39)36-13-15-37(16-14-36)30(40)41)35-27(25)24-19-38(26-12-5-4-11-23(24)26)44(42,43)22-9-2-1-3-10-22/h1-5,9-12,18-21H,6-8,13-17H2,(H,34,39)(H,40,41)(H,32,33,35)/t20-,21+/m1/s1. The van der Waals surface area contributed by atoms with Crippen LogP contribution in [0.15, 0.2) is 71.9 Å². The van der Waals surface area contributed by atoms with Crippen molar-refractivity contribution in [3.63, 3.8) is 0 Å². The molecule has 0 bridgehead atoms. The minimum atomic E-state index is -3.88. The monoisotopic (exact) mass is 637 g/mol. The van der Waals surface area contributed by atoms with Gasteiger partial charge in [-0.05, 0) is 43.9 Å². The molecule has 1 saturated heterocycles. The Labute approximate surface area is 259 Å². The number of carbonyl (C=O) groups is 2. The fourth-order valence-electron chi connectivity index (χ4n) is 5.87. The quantitative estimate of drug-likeness (QED) is 0.275. The van der Waals surface area contributed by atoms with E-state index in [-0.39, 0.29) is 28.0 Å². The Hall–Kier alpha value is -4.36. The third kappa shape index (κ3) is 6.02. The second-order valence-electron chi connectivity index (χ2n) is 11.0. The molecule has 2 aromatic carbocycles. The Bertz CT molecular complexity index is 1790. The fraction of sp³-hybridized carbons (Fsp3) is 0.333. The molecule has 3 N–H and O–H groups in total. The molecule has 6 rings (SSSR count). The van der Waals surface area contributed by atoms with Crippen molar-refractivity contribution in [2.24, 2.45) is 0 Å². The van der Waals surface area contributed by atoms with Crippen LogP contribution in [0.3, 0.4) is 0 Å². The van der Waals surface area contributed by atoms with Gasteiger partial charge >= 0.3 is 12.1 Å². The highest BCUT2D eigenvalue weighted by Crippen LogP contribution is 2.36. The number of urea groups is 1. The predicted molar refractivity (Wildman–Crippen MR) is 166 cm³/mol. The number of piperazine rings is 1. The second kappa shape index (κ2) is 12.3. The van der Waals surface area contributed by atoms with Crippen molar-refractivity contribution >= 4 is 50.6 Å².